The van der Waals surface area contributed by atoms with E-state index in [9.17, 15) is 4.79 Å². The van der Waals surface area contributed by atoms with Gasteiger partial charge in [-0.3, -0.25) is 4.79 Å². The van der Waals surface area contributed by atoms with Crippen molar-refractivity contribution in [3.8, 4) is 5.75 Å². The van der Waals surface area contributed by atoms with E-state index < -0.39 is 0 Å². The Morgan fingerprint density at radius 3 is 2.96 bits per heavy atom. The Balaban J connectivity index is 1.35. The van der Waals surface area contributed by atoms with Gasteiger partial charge in [-0.05, 0) is 36.6 Å². The third-order valence-electron chi connectivity index (χ3n) is 5.12. The number of Topliss-reactive ketones (excluding diaryl/α,β-unsaturated/α-hetero) is 1. The van der Waals surface area contributed by atoms with Crippen LogP contribution in [0.3, 0.4) is 0 Å². The lowest BCUT2D eigenvalue weighted by Crippen LogP contribution is -2.23. The molecule has 5 heteroatoms. The van der Waals surface area contributed by atoms with E-state index in [1.807, 2.05) is 6.07 Å². The summed E-state index contributed by atoms with van der Waals surface area (Å²) in [6.45, 7) is 3.55. The second-order valence-electron chi connectivity index (χ2n) is 6.85. The molecule has 1 fully saturated rings. The van der Waals surface area contributed by atoms with Crippen LogP contribution in [-0.2, 0) is 0 Å². The van der Waals surface area contributed by atoms with Gasteiger partial charge in [-0.1, -0.05) is 41.9 Å². The molecule has 0 aromatic heterocycles. The summed E-state index contributed by atoms with van der Waals surface area (Å²) in [4.78, 5) is 16.0. The third-order valence-corrected chi connectivity index (χ3v) is 6.61. The number of likely N-dealkylation sites (tertiary alicyclic amines) is 1. The van der Waals surface area contributed by atoms with Crippen LogP contribution in [0.25, 0.3) is 0 Å². The summed E-state index contributed by atoms with van der Waals surface area (Å²) in [6.07, 6.45) is 1.68. The molecule has 2 aromatic carbocycles. The molecule has 0 spiro atoms. The number of carbonyl (C=O) groups is 1. The molecule has 1 unspecified atom stereocenters. The highest BCUT2D eigenvalue weighted by molar-refractivity contribution is 7.99. The minimum atomic E-state index is 0.136. The van der Waals surface area contributed by atoms with Crippen LogP contribution in [0.15, 0.2) is 47.4 Å². The third kappa shape index (κ3) is 3.93. The summed E-state index contributed by atoms with van der Waals surface area (Å²) >= 11 is 8.03. The van der Waals surface area contributed by atoms with Crippen LogP contribution in [-0.4, -0.2) is 42.7 Å². The Kier molecular flexibility index (Phi) is 5.53. The van der Waals surface area contributed by atoms with Crippen LogP contribution in [0, 0.1) is 0 Å². The number of thioether (sulfide) groups is 1. The van der Waals surface area contributed by atoms with Gasteiger partial charge in [0.15, 0.2) is 5.78 Å². The smallest absolute Gasteiger partial charge is 0.164 e. The average molecular weight is 388 g/mol. The molecule has 2 aromatic rings. The largest absolute Gasteiger partial charge is 0.491 e. The van der Waals surface area contributed by atoms with Gasteiger partial charge in [0, 0.05) is 30.8 Å². The highest BCUT2D eigenvalue weighted by atomic mass is 35.5. The van der Waals surface area contributed by atoms with Gasteiger partial charge < -0.3 is 9.64 Å². The summed E-state index contributed by atoms with van der Waals surface area (Å²) in [5, 5.41) is 0.626. The number of carbonyl (C=O) groups excluding carboxylic acids is 1. The highest BCUT2D eigenvalue weighted by Crippen LogP contribution is 2.40. The lowest BCUT2D eigenvalue weighted by Gasteiger charge is -2.19. The number of fused-ring (bicyclic) bond motifs is 1. The van der Waals surface area contributed by atoms with Crippen LogP contribution in [0.2, 0.25) is 5.02 Å². The molecule has 0 saturated carbocycles. The minimum Gasteiger partial charge on any atom is -0.491 e. The molecule has 26 heavy (non-hydrogen) atoms. The zero-order valence-corrected chi connectivity index (χ0v) is 16.2. The first-order valence-electron chi connectivity index (χ1n) is 9.10. The van der Waals surface area contributed by atoms with E-state index >= 15 is 0 Å². The van der Waals surface area contributed by atoms with Gasteiger partial charge in [-0.15, -0.1) is 11.8 Å². The zero-order chi connectivity index (χ0) is 17.9. The first-order chi connectivity index (χ1) is 12.7. The number of ether oxygens (including phenoxy) is 1. The number of hydrogen-bond donors (Lipinski definition) is 0. The fourth-order valence-electron chi connectivity index (χ4n) is 3.71. The average Bonchev–Trinajstić information content (AvgIpc) is 3.16. The van der Waals surface area contributed by atoms with Crippen molar-refractivity contribution < 1.29 is 9.53 Å². The summed E-state index contributed by atoms with van der Waals surface area (Å²) in [5.41, 5.74) is 2.06. The molecule has 136 valence electrons. The molecular weight excluding hydrogens is 366 g/mol. The molecule has 0 aliphatic carbocycles. The molecule has 2 aliphatic rings. The number of halogens is 1. The van der Waals surface area contributed by atoms with Gasteiger partial charge in [0.1, 0.15) is 5.75 Å². The van der Waals surface area contributed by atoms with E-state index in [-0.39, 0.29) is 5.78 Å². The maximum Gasteiger partial charge on any atom is 0.164 e. The van der Waals surface area contributed by atoms with Crippen LogP contribution >= 0.6 is 23.4 Å². The Labute approximate surface area is 163 Å². The van der Waals surface area contributed by atoms with E-state index in [4.69, 9.17) is 16.3 Å². The van der Waals surface area contributed by atoms with Gasteiger partial charge in [-0.2, -0.15) is 0 Å². The van der Waals surface area contributed by atoms with Gasteiger partial charge in [-0.25, -0.2) is 0 Å². The Hall–Kier alpha value is -1.49. The van der Waals surface area contributed by atoms with Crippen LogP contribution in [0.1, 0.15) is 34.7 Å². The van der Waals surface area contributed by atoms with Crippen LogP contribution < -0.4 is 4.74 Å². The first kappa shape index (κ1) is 17.9. The molecule has 2 heterocycles. The number of benzene rings is 2. The van der Waals surface area contributed by atoms with Crippen LogP contribution in [0.5, 0.6) is 5.75 Å². The van der Waals surface area contributed by atoms with E-state index in [0.29, 0.717) is 29.5 Å². The van der Waals surface area contributed by atoms with Gasteiger partial charge >= 0.3 is 0 Å². The lowest BCUT2D eigenvalue weighted by atomic mass is 9.99. The van der Waals surface area contributed by atoms with Crippen molar-refractivity contribution in [3.63, 3.8) is 0 Å². The van der Waals surface area contributed by atoms with Crippen molar-refractivity contribution in [1.29, 1.82) is 0 Å². The second kappa shape index (κ2) is 8.03. The summed E-state index contributed by atoms with van der Waals surface area (Å²) < 4.78 is 5.67. The predicted molar refractivity (Wildman–Crippen MR) is 107 cm³/mol. The molecule has 1 atom stereocenters. The first-order valence-corrected chi connectivity index (χ1v) is 10.5. The number of nitrogens with zero attached hydrogens (tertiary/aromatic N) is 1. The second-order valence-corrected chi connectivity index (χ2v) is 8.36. The number of ketones is 1. The quantitative estimate of drug-likeness (QED) is 0.683. The highest BCUT2D eigenvalue weighted by Gasteiger charge is 2.24. The molecule has 1 saturated heterocycles. The summed E-state index contributed by atoms with van der Waals surface area (Å²) in [7, 11) is 0. The minimum absolute atomic E-state index is 0.136. The Bertz CT molecular complexity index is 796. The normalized spacial score (nSPS) is 19.8. The molecule has 4 rings (SSSR count). The maximum atomic E-state index is 12.6. The predicted octanol–water partition coefficient (Wildman–Crippen LogP) is 4.89. The summed E-state index contributed by atoms with van der Waals surface area (Å²) in [6, 6.07) is 14.3. The van der Waals surface area contributed by atoms with Crippen molar-refractivity contribution in [2.75, 3.05) is 32.0 Å². The van der Waals surface area contributed by atoms with Gasteiger partial charge in [0.25, 0.3) is 0 Å². The lowest BCUT2D eigenvalue weighted by molar-refractivity contribution is 0.0968. The monoisotopic (exact) mass is 387 g/mol. The number of rotatable bonds is 5. The molecule has 0 radical (unpaired) electrons. The van der Waals surface area contributed by atoms with Crippen molar-refractivity contribution in [1.82, 2.24) is 4.90 Å². The van der Waals surface area contributed by atoms with E-state index in [0.717, 1.165) is 42.5 Å². The maximum absolute atomic E-state index is 12.6. The molecule has 0 bridgehead atoms. The number of hydrogen-bond acceptors (Lipinski definition) is 4. The molecular formula is C21H22ClNO2S. The summed E-state index contributed by atoms with van der Waals surface area (Å²) in [5.74, 6) is 2.37. The SMILES string of the molecule is O=C(CCN1CCC(c2ccccc2)C1)c1cc(Cl)c2c(c1)OCCS2. The fourth-order valence-corrected chi connectivity index (χ4v) is 4.91. The van der Waals surface area contributed by atoms with E-state index in [2.05, 4.69) is 35.2 Å². The Morgan fingerprint density at radius 2 is 2.12 bits per heavy atom. The molecule has 2 aliphatic heterocycles. The molecule has 3 nitrogen and oxygen atoms in total. The van der Waals surface area contributed by atoms with Crippen molar-refractivity contribution >= 4 is 29.1 Å². The van der Waals surface area contributed by atoms with Crippen molar-refractivity contribution in [2.24, 2.45) is 0 Å². The van der Waals surface area contributed by atoms with Crippen LogP contribution in [0.4, 0.5) is 0 Å². The van der Waals surface area contributed by atoms with Gasteiger partial charge in [0.2, 0.25) is 0 Å². The van der Waals surface area contributed by atoms with Crippen molar-refractivity contribution in [2.45, 2.75) is 23.7 Å². The van der Waals surface area contributed by atoms with E-state index in [1.54, 1.807) is 17.8 Å². The standard InChI is InChI=1S/C21H22ClNO2S/c22-18-12-17(13-20-21(18)26-11-10-25-20)19(24)7-9-23-8-6-16(14-23)15-4-2-1-3-5-15/h1-5,12-13,16H,6-11,14H2. The Morgan fingerprint density at radius 1 is 1.27 bits per heavy atom. The van der Waals surface area contributed by atoms with Crippen molar-refractivity contribution in [3.05, 3.63) is 58.6 Å². The van der Waals surface area contributed by atoms with E-state index in [1.165, 1.54) is 5.56 Å². The zero-order valence-electron chi connectivity index (χ0n) is 14.6. The molecule has 0 amide bonds. The fraction of sp³-hybridized carbons (Fsp3) is 0.381. The topological polar surface area (TPSA) is 29.5 Å². The van der Waals surface area contributed by atoms with Gasteiger partial charge in [0.05, 0.1) is 16.5 Å². The molecule has 0 N–H and O–H groups in total.